The summed E-state index contributed by atoms with van der Waals surface area (Å²) in [6.45, 7) is 19.8. The molecule has 5 aliphatic rings. The maximum absolute atomic E-state index is 14.3. The second-order valence-corrected chi connectivity index (χ2v) is 20.7. The lowest BCUT2D eigenvalue weighted by molar-refractivity contribution is -0.327. The van der Waals surface area contributed by atoms with E-state index in [1.807, 2.05) is 25.2 Å². The van der Waals surface area contributed by atoms with Crippen LogP contribution in [0.4, 0.5) is 0 Å². The Hall–Kier alpha value is -1.55. The Balaban J connectivity index is 1.53. The number of rotatable bonds is 3. The van der Waals surface area contributed by atoms with Crippen LogP contribution in [-0.2, 0) is 28.2 Å². The van der Waals surface area contributed by atoms with Crippen LogP contribution in [-0.4, -0.2) is 67.9 Å². The summed E-state index contributed by atoms with van der Waals surface area (Å²) in [5.74, 6) is -1.79. The van der Waals surface area contributed by atoms with Crippen LogP contribution < -0.4 is 0 Å². The molecule has 2 bridgehead atoms. The molecule has 1 aliphatic carbocycles. The molecule has 0 saturated carbocycles. The number of fused-ring (bicyclic) bond motifs is 2. The Labute approximate surface area is 272 Å². The monoisotopic (exact) mass is 642 g/mol. The van der Waals surface area contributed by atoms with Gasteiger partial charge in [0.15, 0.2) is 14.1 Å². The van der Waals surface area contributed by atoms with E-state index in [1.165, 1.54) is 5.57 Å². The molecule has 0 amide bonds. The van der Waals surface area contributed by atoms with Crippen LogP contribution in [0.5, 0.6) is 0 Å². The summed E-state index contributed by atoms with van der Waals surface area (Å²) in [6, 6.07) is 0. The molecular weight excluding hydrogens is 584 g/mol. The number of hydrogen-bond acceptors (Lipinski definition) is 7. The van der Waals surface area contributed by atoms with Gasteiger partial charge in [-0.3, -0.25) is 4.79 Å². The van der Waals surface area contributed by atoms with Crippen molar-refractivity contribution in [3.8, 4) is 0 Å². The molecule has 3 fully saturated rings. The molecule has 1 spiro atoms. The number of carbonyl (C=O) groups is 1. The van der Waals surface area contributed by atoms with Crippen LogP contribution in [0.1, 0.15) is 99.8 Å². The first-order chi connectivity index (χ1) is 21.1. The van der Waals surface area contributed by atoms with Gasteiger partial charge in [-0.05, 0) is 81.1 Å². The molecule has 4 aliphatic heterocycles. The quantitative estimate of drug-likeness (QED) is 0.192. The van der Waals surface area contributed by atoms with E-state index in [4.69, 9.17) is 23.4 Å². The van der Waals surface area contributed by atoms with E-state index >= 15 is 0 Å². The van der Waals surface area contributed by atoms with Crippen LogP contribution in [0, 0.1) is 11.8 Å². The molecule has 0 unspecified atom stereocenters. The molecule has 45 heavy (non-hydrogen) atoms. The summed E-state index contributed by atoms with van der Waals surface area (Å²) in [7, 11) is -2.24. The van der Waals surface area contributed by atoms with Crippen LogP contribution in [0.2, 0.25) is 18.1 Å². The highest BCUT2D eigenvalue weighted by molar-refractivity contribution is 6.74. The fraction of sp³-hybridized carbons (Fsp3) is 0.757. The molecule has 3 saturated heterocycles. The van der Waals surface area contributed by atoms with Gasteiger partial charge in [0.05, 0.1) is 24.9 Å². The third-order valence-electron chi connectivity index (χ3n) is 11.2. The Kier molecular flexibility index (Phi) is 10.2. The van der Waals surface area contributed by atoms with E-state index in [0.29, 0.717) is 24.3 Å². The molecule has 0 aromatic rings. The predicted octanol–water partition coefficient (Wildman–Crippen LogP) is 7.71. The second kappa shape index (κ2) is 13.2. The number of aliphatic hydroxyl groups is 1. The SMILES string of the molecule is CC[C@@H]1CCC[C@]2(C[C@@H]3C[C@@H](C/C=C(\C)C[C@@H](C)/C=C/C=C4\CO[C@@H]5[C@H](O[Si](C)(C)C(C)(C)C)C(C)=C[C@@H](C(=O)O3)[C@]45O)O2)O1. The van der Waals surface area contributed by atoms with Gasteiger partial charge < -0.3 is 28.5 Å². The molecule has 9 atom stereocenters. The molecule has 0 aromatic heterocycles. The topological polar surface area (TPSA) is 83.5 Å². The smallest absolute Gasteiger partial charge is 0.316 e. The summed E-state index contributed by atoms with van der Waals surface area (Å²) in [4.78, 5) is 14.3. The van der Waals surface area contributed by atoms with E-state index in [1.54, 1.807) is 0 Å². The normalized spacial score (nSPS) is 42.9. The third-order valence-corrected chi connectivity index (χ3v) is 15.7. The van der Waals surface area contributed by atoms with E-state index in [9.17, 15) is 9.90 Å². The van der Waals surface area contributed by atoms with E-state index in [-0.39, 0.29) is 30.0 Å². The lowest BCUT2D eigenvalue weighted by Crippen LogP contribution is -2.60. The van der Waals surface area contributed by atoms with Gasteiger partial charge in [0.25, 0.3) is 0 Å². The van der Waals surface area contributed by atoms with Crippen LogP contribution >= 0.6 is 0 Å². The predicted molar refractivity (Wildman–Crippen MR) is 179 cm³/mol. The van der Waals surface area contributed by atoms with Gasteiger partial charge in [-0.25, -0.2) is 0 Å². The highest BCUT2D eigenvalue weighted by Crippen LogP contribution is 2.49. The van der Waals surface area contributed by atoms with E-state index in [2.05, 4.69) is 66.8 Å². The van der Waals surface area contributed by atoms with Crippen molar-refractivity contribution >= 4 is 14.3 Å². The summed E-state index contributed by atoms with van der Waals surface area (Å²) < 4.78 is 33.1. The van der Waals surface area contributed by atoms with Crippen molar-refractivity contribution in [2.24, 2.45) is 11.8 Å². The van der Waals surface area contributed by atoms with Crippen molar-refractivity contribution in [3.05, 3.63) is 47.1 Å². The molecule has 0 aromatic carbocycles. The maximum atomic E-state index is 14.3. The fourth-order valence-electron chi connectivity index (χ4n) is 7.59. The lowest BCUT2D eigenvalue weighted by Gasteiger charge is -2.49. The zero-order valence-corrected chi connectivity index (χ0v) is 30.2. The maximum Gasteiger partial charge on any atom is 0.316 e. The van der Waals surface area contributed by atoms with Crippen molar-refractivity contribution in [1.29, 1.82) is 0 Å². The Morgan fingerprint density at radius 1 is 1.16 bits per heavy atom. The minimum absolute atomic E-state index is 0.0254. The molecule has 252 valence electrons. The average Bonchev–Trinajstić information content (AvgIpc) is 3.28. The van der Waals surface area contributed by atoms with Gasteiger partial charge in [0, 0.05) is 19.3 Å². The molecule has 4 heterocycles. The first-order valence-corrected chi connectivity index (χ1v) is 20.3. The number of allylic oxidation sites excluding steroid dienone is 4. The molecule has 8 heteroatoms. The number of ether oxygens (including phenoxy) is 4. The number of carbonyl (C=O) groups excluding carboxylic acids is 1. The summed E-state index contributed by atoms with van der Waals surface area (Å²) in [5.41, 5.74) is 1.31. The lowest BCUT2D eigenvalue weighted by atomic mass is 9.71. The van der Waals surface area contributed by atoms with Gasteiger partial charge in [-0.15, -0.1) is 0 Å². The standard InChI is InChI=1S/C37H58O7Si/c1-10-28-15-12-18-36(42-28)22-30-21-29(43-36)17-16-25(3)19-24(2)13-11-14-27-23-40-33-32(44-45(8,9)35(5,6)7)26(4)20-31(34(38)41-30)37(27,33)39/h11,13-14,16,20,24,28-33,39H,10,12,15,17-19,21-23H2,1-9H3/b13-11+,25-16+,27-14+/t24-,28+,29+,30-,31-,32+,33+,36-,37+/m0/s1. The largest absolute Gasteiger partial charge is 0.462 e. The molecule has 7 nitrogen and oxygen atoms in total. The zero-order valence-electron chi connectivity index (χ0n) is 29.2. The highest BCUT2D eigenvalue weighted by atomic mass is 28.4. The molecule has 0 radical (unpaired) electrons. The summed E-state index contributed by atoms with van der Waals surface area (Å²) >= 11 is 0. The average molecular weight is 643 g/mol. The van der Waals surface area contributed by atoms with Crippen molar-refractivity contribution in [3.63, 3.8) is 0 Å². The van der Waals surface area contributed by atoms with Crippen molar-refractivity contribution in [1.82, 2.24) is 0 Å². The van der Waals surface area contributed by atoms with Gasteiger partial charge >= 0.3 is 5.97 Å². The van der Waals surface area contributed by atoms with E-state index < -0.39 is 43.8 Å². The van der Waals surface area contributed by atoms with Gasteiger partial charge in [-0.1, -0.05) is 70.6 Å². The summed E-state index contributed by atoms with van der Waals surface area (Å²) in [6.07, 6.45) is 15.3. The van der Waals surface area contributed by atoms with Crippen molar-refractivity contribution in [2.45, 2.75) is 160 Å². The fourth-order valence-corrected chi connectivity index (χ4v) is 8.89. The first kappa shape index (κ1) is 34.8. The molecular formula is C37H58O7Si. The third kappa shape index (κ3) is 7.16. The molecule has 5 rings (SSSR count). The number of esters is 1. The van der Waals surface area contributed by atoms with Gasteiger partial charge in [0.2, 0.25) is 0 Å². The van der Waals surface area contributed by atoms with Crippen molar-refractivity contribution < 1.29 is 33.3 Å². The second-order valence-electron chi connectivity index (χ2n) is 16.0. The zero-order chi connectivity index (χ0) is 32.8. The Bertz CT molecular complexity index is 1230. The minimum atomic E-state index is -2.24. The van der Waals surface area contributed by atoms with Crippen LogP contribution in [0.25, 0.3) is 0 Å². The number of hydrogen-bond donors (Lipinski definition) is 1. The van der Waals surface area contributed by atoms with Crippen LogP contribution in [0.15, 0.2) is 47.1 Å². The minimum Gasteiger partial charge on any atom is -0.462 e. The van der Waals surface area contributed by atoms with Gasteiger partial charge in [-0.2, -0.15) is 0 Å². The Morgan fingerprint density at radius 2 is 1.91 bits per heavy atom. The van der Waals surface area contributed by atoms with E-state index in [0.717, 1.165) is 44.1 Å². The van der Waals surface area contributed by atoms with Gasteiger partial charge in [0.1, 0.15) is 23.7 Å². The summed E-state index contributed by atoms with van der Waals surface area (Å²) in [5, 5.41) is 12.7. The first-order valence-electron chi connectivity index (χ1n) is 17.4. The molecule has 1 N–H and O–H groups in total. The van der Waals surface area contributed by atoms with Crippen molar-refractivity contribution in [2.75, 3.05) is 6.61 Å². The highest BCUT2D eigenvalue weighted by Gasteiger charge is 2.61. The van der Waals surface area contributed by atoms with Crippen LogP contribution in [0.3, 0.4) is 0 Å². The Morgan fingerprint density at radius 3 is 2.62 bits per heavy atom.